The van der Waals surface area contributed by atoms with Gasteiger partial charge in [0.05, 0.1) is 18.2 Å². The predicted molar refractivity (Wildman–Crippen MR) is 187 cm³/mol. The average molecular weight is 767 g/mol. The van der Waals surface area contributed by atoms with Gasteiger partial charge in [0.1, 0.15) is 10.6 Å². The van der Waals surface area contributed by atoms with E-state index >= 15 is 0 Å². The minimum absolute atomic E-state index is 0.0399. The van der Waals surface area contributed by atoms with Gasteiger partial charge in [-0.2, -0.15) is 30.6 Å². The van der Waals surface area contributed by atoms with Gasteiger partial charge in [-0.25, -0.2) is 8.42 Å². The molecule has 0 aromatic heterocycles. The molecule has 3 fully saturated rings. The highest BCUT2D eigenvalue weighted by Crippen LogP contribution is 2.38. The monoisotopic (exact) mass is 766 g/mol. The summed E-state index contributed by atoms with van der Waals surface area (Å²) < 4.78 is 116. The number of alkyl halides is 6. The number of piperazine rings is 1. The molecule has 53 heavy (non-hydrogen) atoms. The molecule has 6 rings (SSSR count). The Labute approximate surface area is 306 Å². The van der Waals surface area contributed by atoms with Gasteiger partial charge in [0.2, 0.25) is 10.0 Å². The second kappa shape index (κ2) is 15.6. The van der Waals surface area contributed by atoms with Crippen molar-refractivity contribution >= 4 is 15.9 Å². The van der Waals surface area contributed by atoms with Crippen molar-refractivity contribution in [3.05, 3.63) is 94.5 Å². The molecule has 0 saturated carbocycles. The highest BCUT2D eigenvalue weighted by atomic mass is 32.2. The van der Waals surface area contributed by atoms with Crippen LogP contribution in [0.25, 0.3) is 0 Å². The van der Waals surface area contributed by atoms with E-state index < -0.39 is 51.0 Å². The topological polar surface area (TPSA) is 73.4 Å². The number of hydrogen-bond donors (Lipinski definition) is 0. The average Bonchev–Trinajstić information content (AvgIpc) is 3.14. The van der Waals surface area contributed by atoms with E-state index in [9.17, 15) is 39.6 Å². The molecule has 3 saturated heterocycles. The standard InChI is InChI=1S/C38H44F6N4O4S/c1-26-8-9-35(34(20-26)52-2)53(50,51)47-13-10-31(11-14-47)45-16-18-46(19-17-45)32-12-15-48(33(25-32)21-27-6-4-3-5-7-27)36(49)28-22-29(37(39,40)41)24-30(23-28)38(42,43)44/h3-9,20,22-24,31-33H,10-19,21,25H2,1-2H3. The number of likely N-dealkylation sites (tertiary alicyclic amines) is 1. The number of rotatable bonds is 8. The minimum atomic E-state index is -5.06. The van der Waals surface area contributed by atoms with E-state index in [2.05, 4.69) is 9.80 Å². The van der Waals surface area contributed by atoms with Crippen LogP contribution in [0.4, 0.5) is 26.3 Å². The summed E-state index contributed by atoms with van der Waals surface area (Å²) in [4.78, 5) is 20.2. The number of benzene rings is 3. The molecule has 3 heterocycles. The van der Waals surface area contributed by atoms with Crippen LogP contribution in [-0.4, -0.2) is 104 Å². The molecule has 0 N–H and O–H groups in total. The Bertz CT molecular complexity index is 1830. The number of carbonyl (C=O) groups is 1. The Balaban J connectivity index is 1.10. The summed E-state index contributed by atoms with van der Waals surface area (Å²) >= 11 is 0. The summed E-state index contributed by atoms with van der Waals surface area (Å²) in [5.41, 5.74) is -1.84. The van der Waals surface area contributed by atoms with Crippen molar-refractivity contribution in [3.8, 4) is 5.75 Å². The fourth-order valence-corrected chi connectivity index (χ4v) is 9.60. The largest absolute Gasteiger partial charge is 0.495 e. The molecule has 288 valence electrons. The van der Waals surface area contributed by atoms with Crippen LogP contribution < -0.4 is 4.74 Å². The Morgan fingerprint density at radius 1 is 0.755 bits per heavy atom. The number of piperidine rings is 2. The van der Waals surface area contributed by atoms with Gasteiger partial charge < -0.3 is 9.64 Å². The zero-order chi connectivity index (χ0) is 38.1. The molecule has 2 atom stereocenters. The summed E-state index contributed by atoms with van der Waals surface area (Å²) in [7, 11) is -2.26. The van der Waals surface area contributed by atoms with Crippen molar-refractivity contribution in [2.24, 2.45) is 0 Å². The van der Waals surface area contributed by atoms with E-state index in [1.807, 2.05) is 37.3 Å². The van der Waals surface area contributed by atoms with Gasteiger partial charge in [-0.05, 0) is 80.5 Å². The van der Waals surface area contributed by atoms with Crippen LogP contribution in [-0.2, 0) is 28.8 Å². The first kappa shape index (κ1) is 39.0. The smallest absolute Gasteiger partial charge is 0.416 e. The van der Waals surface area contributed by atoms with E-state index in [1.54, 1.807) is 18.2 Å². The van der Waals surface area contributed by atoms with Gasteiger partial charge in [-0.15, -0.1) is 0 Å². The number of halogens is 6. The number of amides is 1. The van der Waals surface area contributed by atoms with Crippen molar-refractivity contribution in [1.29, 1.82) is 0 Å². The number of ether oxygens (including phenoxy) is 1. The van der Waals surface area contributed by atoms with Crippen LogP contribution in [0, 0.1) is 6.92 Å². The lowest BCUT2D eigenvalue weighted by molar-refractivity contribution is -0.143. The van der Waals surface area contributed by atoms with Crippen LogP contribution in [0.15, 0.2) is 71.6 Å². The van der Waals surface area contributed by atoms with Gasteiger partial charge in [0.25, 0.3) is 5.91 Å². The number of sulfonamides is 1. The van der Waals surface area contributed by atoms with Crippen molar-refractivity contribution in [2.45, 2.75) is 74.4 Å². The maximum atomic E-state index is 13.8. The minimum Gasteiger partial charge on any atom is -0.495 e. The lowest BCUT2D eigenvalue weighted by Crippen LogP contribution is -2.58. The number of aryl methyl sites for hydroxylation is 1. The number of nitrogens with zero attached hydrogens (tertiary/aromatic N) is 4. The van der Waals surface area contributed by atoms with Gasteiger partial charge in [-0.1, -0.05) is 36.4 Å². The Morgan fingerprint density at radius 3 is 1.89 bits per heavy atom. The second-order valence-electron chi connectivity index (χ2n) is 14.2. The van der Waals surface area contributed by atoms with Crippen molar-refractivity contribution in [3.63, 3.8) is 0 Å². The molecular weight excluding hydrogens is 722 g/mol. The molecule has 2 unspecified atom stereocenters. The molecule has 3 aliphatic heterocycles. The summed E-state index contributed by atoms with van der Waals surface area (Å²) in [6, 6.07) is 15.3. The Kier molecular flexibility index (Phi) is 11.5. The summed E-state index contributed by atoms with van der Waals surface area (Å²) in [6.45, 7) is 5.91. The third-order valence-electron chi connectivity index (χ3n) is 10.8. The van der Waals surface area contributed by atoms with Gasteiger partial charge in [0.15, 0.2) is 0 Å². The van der Waals surface area contributed by atoms with Crippen molar-refractivity contribution in [1.82, 2.24) is 19.0 Å². The highest BCUT2D eigenvalue weighted by molar-refractivity contribution is 7.89. The first-order chi connectivity index (χ1) is 25.0. The molecule has 15 heteroatoms. The molecule has 0 aliphatic carbocycles. The number of methoxy groups -OCH3 is 1. The molecule has 0 radical (unpaired) electrons. The molecule has 0 spiro atoms. The fraction of sp³-hybridized carbons (Fsp3) is 0.500. The second-order valence-corrected chi connectivity index (χ2v) is 16.1. The SMILES string of the molecule is COc1cc(C)ccc1S(=O)(=O)N1CCC(N2CCN(C3CCN(C(=O)c4cc(C(F)(F)F)cc(C(F)(F)F)c4)C(Cc4ccccc4)C3)CC2)CC1. The summed E-state index contributed by atoms with van der Waals surface area (Å²) in [5.74, 6) is -0.518. The highest BCUT2D eigenvalue weighted by Gasteiger charge is 2.41. The lowest BCUT2D eigenvalue weighted by atomic mass is 9.90. The third kappa shape index (κ3) is 8.84. The van der Waals surface area contributed by atoms with E-state index in [0.717, 1.165) is 37.3 Å². The van der Waals surface area contributed by atoms with Crippen LogP contribution >= 0.6 is 0 Å². The molecule has 3 aromatic carbocycles. The molecule has 1 amide bonds. The quantitative estimate of drug-likeness (QED) is 0.237. The number of carbonyl (C=O) groups excluding carboxylic acids is 1. The Morgan fingerprint density at radius 2 is 1.32 bits per heavy atom. The van der Waals surface area contributed by atoms with Crippen LogP contribution in [0.5, 0.6) is 5.75 Å². The normalized spacial score (nSPS) is 21.8. The maximum absolute atomic E-state index is 13.8. The molecule has 3 aromatic rings. The maximum Gasteiger partial charge on any atom is 0.416 e. The van der Waals surface area contributed by atoms with Crippen molar-refractivity contribution < 1.29 is 44.3 Å². The number of hydrogen-bond acceptors (Lipinski definition) is 6. The fourth-order valence-electron chi connectivity index (χ4n) is 8.00. The van der Waals surface area contributed by atoms with E-state index in [1.165, 1.54) is 16.3 Å². The lowest BCUT2D eigenvalue weighted by Gasteiger charge is -2.48. The van der Waals surface area contributed by atoms with Gasteiger partial charge >= 0.3 is 12.4 Å². The summed E-state index contributed by atoms with van der Waals surface area (Å²) in [5, 5.41) is 0. The third-order valence-corrected chi connectivity index (χ3v) is 12.8. The zero-order valence-corrected chi connectivity index (χ0v) is 30.5. The zero-order valence-electron chi connectivity index (χ0n) is 29.7. The summed E-state index contributed by atoms with van der Waals surface area (Å²) in [6.07, 6.45) is -7.27. The molecule has 3 aliphatic rings. The van der Waals surface area contributed by atoms with Gasteiger partial charge in [0, 0.05) is 69.5 Å². The van der Waals surface area contributed by atoms with Crippen LogP contribution in [0.1, 0.15) is 58.3 Å². The van der Waals surface area contributed by atoms with Gasteiger partial charge in [-0.3, -0.25) is 14.6 Å². The van der Waals surface area contributed by atoms with E-state index in [-0.39, 0.29) is 29.6 Å². The molecule has 8 nitrogen and oxygen atoms in total. The predicted octanol–water partition coefficient (Wildman–Crippen LogP) is 6.73. The first-order valence-electron chi connectivity index (χ1n) is 17.8. The van der Waals surface area contributed by atoms with E-state index in [0.29, 0.717) is 63.1 Å². The molecular formula is C38H44F6N4O4S. The Hall–Kier alpha value is -3.66. The van der Waals surface area contributed by atoms with Crippen molar-refractivity contribution in [2.75, 3.05) is 52.9 Å². The first-order valence-corrected chi connectivity index (χ1v) is 19.3. The van der Waals surface area contributed by atoms with E-state index in [4.69, 9.17) is 4.74 Å². The molecule has 0 bridgehead atoms. The van der Waals surface area contributed by atoms with Crippen LogP contribution in [0.3, 0.4) is 0 Å². The van der Waals surface area contributed by atoms with Crippen LogP contribution in [0.2, 0.25) is 0 Å².